The van der Waals surface area contributed by atoms with Gasteiger partial charge < -0.3 is 14.5 Å². The third kappa shape index (κ3) is 3.06. The van der Waals surface area contributed by atoms with Crippen LogP contribution in [-0.2, 0) is 9.53 Å². The highest BCUT2D eigenvalue weighted by Crippen LogP contribution is 2.40. The fourth-order valence-corrected chi connectivity index (χ4v) is 3.81. The monoisotopic (exact) mass is 453 g/mol. The molecule has 3 rings (SSSR count). The Morgan fingerprint density at radius 1 is 1.33 bits per heavy atom. The molecule has 0 fully saturated rings. The van der Waals surface area contributed by atoms with Crippen molar-refractivity contribution < 1.29 is 18.7 Å². The fraction of sp³-hybridized carbons (Fsp3) is 0.176. The van der Waals surface area contributed by atoms with Gasteiger partial charge in [0.1, 0.15) is 17.1 Å². The highest BCUT2D eigenvalue weighted by molar-refractivity contribution is 9.11. The van der Waals surface area contributed by atoms with Crippen molar-refractivity contribution in [3.05, 3.63) is 49.8 Å². The zero-order valence-electron chi connectivity index (χ0n) is 12.9. The number of halogens is 2. The SMILES string of the molecule is CCOC(=O)c1cc(C=C2C(=O)Nc3c(Br)cc(Br)cc32)oc1C. The minimum atomic E-state index is -0.440. The average molecular weight is 455 g/mol. The molecule has 2 aromatic rings. The highest BCUT2D eigenvalue weighted by atomic mass is 79.9. The molecule has 124 valence electrons. The summed E-state index contributed by atoms with van der Waals surface area (Å²) in [7, 11) is 0. The van der Waals surface area contributed by atoms with Crippen molar-refractivity contribution in [2.45, 2.75) is 13.8 Å². The normalized spacial score (nSPS) is 14.7. The van der Waals surface area contributed by atoms with Crippen molar-refractivity contribution in [1.29, 1.82) is 0 Å². The molecule has 2 heterocycles. The first-order chi connectivity index (χ1) is 11.4. The van der Waals surface area contributed by atoms with Crippen LogP contribution < -0.4 is 5.32 Å². The maximum atomic E-state index is 12.3. The molecule has 1 aromatic carbocycles. The van der Waals surface area contributed by atoms with Crippen LogP contribution >= 0.6 is 31.9 Å². The molecular formula is C17H13Br2NO4. The molecule has 0 spiro atoms. The van der Waals surface area contributed by atoms with Crippen LogP contribution in [0.25, 0.3) is 11.6 Å². The minimum Gasteiger partial charge on any atom is -0.462 e. The Bertz CT molecular complexity index is 883. The quantitative estimate of drug-likeness (QED) is 0.535. The van der Waals surface area contributed by atoms with Crippen molar-refractivity contribution in [1.82, 2.24) is 0 Å². The first-order valence-electron chi connectivity index (χ1n) is 7.20. The van der Waals surface area contributed by atoms with Gasteiger partial charge in [0.2, 0.25) is 0 Å². The summed E-state index contributed by atoms with van der Waals surface area (Å²) < 4.78 is 12.2. The van der Waals surface area contributed by atoms with Crippen molar-refractivity contribution >= 4 is 61.1 Å². The predicted octanol–water partition coefficient (Wildman–Crippen LogP) is 4.78. The summed E-state index contributed by atoms with van der Waals surface area (Å²) in [6.45, 7) is 3.72. The first-order valence-corrected chi connectivity index (χ1v) is 8.79. The van der Waals surface area contributed by atoms with Crippen LogP contribution in [0.1, 0.15) is 34.4 Å². The van der Waals surface area contributed by atoms with E-state index in [0.717, 1.165) is 14.5 Å². The number of furan rings is 1. The van der Waals surface area contributed by atoms with E-state index >= 15 is 0 Å². The van der Waals surface area contributed by atoms with Crippen molar-refractivity contribution in [2.75, 3.05) is 11.9 Å². The molecule has 0 bridgehead atoms. The van der Waals surface area contributed by atoms with Crippen LogP contribution in [0.2, 0.25) is 0 Å². The third-order valence-corrected chi connectivity index (χ3v) is 4.63. The highest BCUT2D eigenvalue weighted by Gasteiger charge is 2.27. The van der Waals surface area contributed by atoms with E-state index in [-0.39, 0.29) is 12.5 Å². The largest absolute Gasteiger partial charge is 0.462 e. The molecular weight excluding hydrogens is 442 g/mol. The number of carbonyl (C=O) groups is 2. The van der Waals surface area contributed by atoms with Gasteiger partial charge in [-0.2, -0.15) is 0 Å². The number of carbonyl (C=O) groups excluding carboxylic acids is 2. The van der Waals surface area contributed by atoms with E-state index < -0.39 is 5.97 Å². The van der Waals surface area contributed by atoms with Gasteiger partial charge in [0, 0.05) is 14.5 Å². The standard InChI is InChI=1S/C17H13Br2NO4/c1-3-23-17(22)11-6-10(24-8(11)2)7-13-12-4-9(18)5-14(19)15(12)20-16(13)21/h4-7H,3H2,1-2H3,(H,20,21). The minimum absolute atomic E-state index is 0.226. The van der Waals surface area contributed by atoms with Crippen LogP contribution in [0.5, 0.6) is 0 Å². The van der Waals surface area contributed by atoms with E-state index in [0.29, 0.717) is 28.3 Å². The fourth-order valence-electron chi connectivity index (χ4n) is 2.49. The molecule has 0 unspecified atom stereocenters. The van der Waals surface area contributed by atoms with Crippen LogP contribution in [0.3, 0.4) is 0 Å². The van der Waals surface area contributed by atoms with Gasteiger partial charge in [-0.3, -0.25) is 4.79 Å². The molecule has 0 radical (unpaired) electrons. The number of hydrogen-bond acceptors (Lipinski definition) is 4. The molecule has 24 heavy (non-hydrogen) atoms. The van der Waals surface area contributed by atoms with Gasteiger partial charge in [-0.15, -0.1) is 0 Å². The third-order valence-electron chi connectivity index (χ3n) is 3.55. The maximum Gasteiger partial charge on any atom is 0.341 e. The zero-order chi connectivity index (χ0) is 17.4. The number of esters is 1. The molecule has 1 aliphatic rings. The predicted molar refractivity (Wildman–Crippen MR) is 97.7 cm³/mol. The van der Waals surface area contributed by atoms with Crippen molar-refractivity contribution in [2.24, 2.45) is 0 Å². The topological polar surface area (TPSA) is 68.5 Å². The molecule has 7 heteroatoms. The second-order valence-corrected chi connectivity index (χ2v) is 6.93. The number of ether oxygens (including phenoxy) is 1. The van der Waals surface area contributed by atoms with Gasteiger partial charge in [0.25, 0.3) is 5.91 Å². The smallest absolute Gasteiger partial charge is 0.341 e. The van der Waals surface area contributed by atoms with E-state index in [1.165, 1.54) is 0 Å². The molecule has 1 aliphatic heterocycles. The molecule has 1 N–H and O–H groups in total. The Hall–Kier alpha value is -1.86. The molecule has 0 saturated carbocycles. The summed E-state index contributed by atoms with van der Waals surface area (Å²) in [5, 5.41) is 2.82. The Morgan fingerprint density at radius 2 is 2.08 bits per heavy atom. The van der Waals surface area contributed by atoms with Gasteiger partial charge in [-0.25, -0.2) is 4.79 Å². The zero-order valence-corrected chi connectivity index (χ0v) is 16.1. The molecule has 0 saturated heterocycles. The summed E-state index contributed by atoms with van der Waals surface area (Å²) in [6.07, 6.45) is 1.62. The first kappa shape index (κ1) is 17.0. The number of benzene rings is 1. The molecule has 5 nitrogen and oxygen atoms in total. The molecule has 0 aliphatic carbocycles. The van der Waals surface area contributed by atoms with E-state index in [2.05, 4.69) is 37.2 Å². The molecule has 1 amide bonds. The van der Waals surface area contributed by atoms with E-state index in [1.807, 2.05) is 12.1 Å². The number of amides is 1. The van der Waals surface area contributed by atoms with Gasteiger partial charge in [0.15, 0.2) is 0 Å². The second kappa shape index (κ2) is 6.57. The number of rotatable bonds is 3. The summed E-state index contributed by atoms with van der Waals surface area (Å²) in [4.78, 5) is 24.2. The van der Waals surface area contributed by atoms with Gasteiger partial charge in [-0.05, 0) is 54.1 Å². The number of aryl methyl sites for hydroxylation is 1. The summed E-state index contributed by atoms with van der Waals surface area (Å²) >= 11 is 6.85. The lowest BCUT2D eigenvalue weighted by Gasteiger charge is -2.02. The Labute approximate surface area is 155 Å². The summed E-state index contributed by atoms with van der Waals surface area (Å²) in [5.74, 6) is 0.208. The summed E-state index contributed by atoms with van der Waals surface area (Å²) in [5.41, 5.74) is 2.30. The molecule has 1 aromatic heterocycles. The Balaban J connectivity index is 2.03. The van der Waals surface area contributed by atoms with Gasteiger partial charge in [-0.1, -0.05) is 15.9 Å². The van der Waals surface area contributed by atoms with Crippen molar-refractivity contribution in [3.63, 3.8) is 0 Å². The summed E-state index contributed by atoms with van der Waals surface area (Å²) in [6, 6.07) is 5.29. The lowest BCUT2D eigenvalue weighted by molar-refractivity contribution is -0.110. The van der Waals surface area contributed by atoms with E-state index in [4.69, 9.17) is 9.15 Å². The van der Waals surface area contributed by atoms with Crippen LogP contribution in [0.4, 0.5) is 5.69 Å². The number of hydrogen-bond donors (Lipinski definition) is 1. The van der Waals surface area contributed by atoms with E-state index in [1.54, 1.807) is 26.0 Å². The van der Waals surface area contributed by atoms with Gasteiger partial charge >= 0.3 is 5.97 Å². The maximum absolute atomic E-state index is 12.3. The van der Waals surface area contributed by atoms with Crippen LogP contribution in [-0.4, -0.2) is 18.5 Å². The molecule has 0 atom stereocenters. The number of fused-ring (bicyclic) bond motifs is 1. The second-order valence-electron chi connectivity index (χ2n) is 5.16. The lowest BCUT2D eigenvalue weighted by atomic mass is 10.1. The Morgan fingerprint density at radius 3 is 2.79 bits per heavy atom. The number of anilines is 1. The van der Waals surface area contributed by atoms with Crippen LogP contribution in [0, 0.1) is 6.92 Å². The number of nitrogens with one attached hydrogen (secondary N) is 1. The van der Waals surface area contributed by atoms with Crippen molar-refractivity contribution in [3.8, 4) is 0 Å². The van der Waals surface area contributed by atoms with Gasteiger partial charge in [0.05, 0.1) is 17.9 Å². The average Bonchev–Trinajstić information content (AvgIpc) is 3.02. The van der Waals surface area contributed by atoms with E-state index in [9.17, 15) is 9.59 Å². The van der Waals surface area contributed by atoms with Crippen LogP contribution in [0.15, 0.2) is 31.6 Å². The lowest BCUT2D eigenvalue weighted by Crippen LogP contribution is -2.04. The Kier molecular flexibility index (Phi) is 4.64.